The summed E-state index contributed by atoms with van der Waals surface area (Å²) >= 11 is 0. The van der Waals surface area contributed by atoms with Gasteiger partial charge in [-0.25, -0.2) is 0 Å². The molecule has 0 fully saturated rings. The molecule has 0 aliphatic rings. The summed E-state index contributed by atoms with van der Waals surface area (Å²) in [6, 6.07) is 0. The number of rotatable bonds is 5. The number of hydrogen-bond acceptors (Lipinski definition) is 2. The summed E-state index contributed by atoms with van der Waals surface area (Å²) in [5.41, 5.74) is 0. The molecule has 0 bridgehead atoms. The SMILES string of the molecule is CC(C)C(=O)NCCCN(C)C.[Cl-]. The summed E-state index contributed by atoms with van der Waals surface area (Å²) in [5, 5.41) is 2.87. The lowest BCUT2D eigenvalue weighted by molar-refractivity contribution is -0.123. The third-order valence-electron chi connectivity index (χ3n) is 1.61. The molecule has 0 aromatic rings. The van der Waals surface area contributed by atoms with Gasteiger partial charge in [0.2, 0.25) is 5.91 Å². The highest BCUT2D eigenvalue weighted by Gasteiger charge is 2.04. The van der Waals surface area contributed by atoms with E-state index >= 15 is 0 Å². The van der Waals surface area contributed by atoms with Crippen LogP contribution in [-0.2, 0) is 4.79 Å². The average Bonchev–Trinajstić information content (AvgIpc) is 1.97. The minimum Gasteiger partial charge on any atom is -1.00 e. The van der Waals surface area contributed by atoms with Crippen molar-refractivity contribution in [3.05, 3.63) is 0 Å². The van der Waals surface area contributed by atoms with E-state index in [0.717, 1.165) is 19.5 Å². The summed E-state index contributed by atoms with van der Waals surface area (Å²) in [4.78, 5) is 13.2. The van der Waals surface area contributed by atoms with Gasteiger partial charge in [-0.2, -0.15) is 0 Å². The van der Waals surface area contributed by atoms with E-state index < -0.39 is 0 Å². The van der Waals surface area contributed by atoms with E-state index in [0.29, 0.717) is 0 Å². The first-order valence-electron chi connectivity index (χ1n) is 4.46. The van der Waals surface area contributed by atoms with Crippen molar-refractivity contribution in [1.29, 1.82) is 0 Å². The normalized spacial score (nSPS) is 10.0. The van der Waals surface area contributed by atoms with Crippen LogP contribution in [0.25, 0.3) is 0 Å². The smallest absolute Gasteiger partial charge is 0.222 e. The van der Waals surface area contributed by atoms with Gasteiger partial charge < -0.3 is 22.6 Å². The van der Waals surface area contributed by atoms with Crippen molar-refractivity contribution in [2.24, 2.45) is 5.92 Å². The Kier molecular flexibility index (Phi) is 9.74. The molecule has 0 rings (SSSR count). The van der Waals surface area contributed by atoms with Crippen molar-refractivity contribution in [1.82, 2.24) is 10.2 Å². The largest absolute Gasteiger partial charge is 1.00 e. The predicted octanol–water partition coefficient (Wildman–Crippen LogP) is -2.29. The van der Waals surface area contributed by atoms with E-state index in [-0.39, 0.29) is 24.2 Å². The quantitative estimate of drug-likeness (QED) is 0.515. The number of halogens is 1. The number of nitrogens with zero attached hydrogens (tertiary/aromatic N) is 1. The van der Waals surface area contributed by atoms with Crippen LogP contribution in [0.15, 0.2) is 0 Å². The number of carbonyl (C=O) groups excluding carboxylic acids is 1. The van der Waals surface area contributed by atoms with E-state index in [4.69, 9.17) is 0 Å². The van der Waals surface area contributed by atoms with E-state index in [9.17, 15) is 4.79 Å². The zero-order valence-electron chi connectivity index (χ0n) is 8.93. The number of hydrogen-bond donors (Lipinski definition) is 1. The Morgan fingerprint density at radius 1 is 1.38 bits per heavy atom. The molecule has 1 N–H and O–H groups in total. The van der Waals surface area contributed by atoms with E-state index in [1.165, 1.54) is 0 Å². The fourth-order valence-electron chi connectivity index (χ4n) is 0.811. The van der Waals surface area contributed by atoms with Crippen molar-refractivity contribution >= 4 is 5.91 Å². The van der Waals surface area contributed by atoms with Crippen LogP contribution < -0.4 is 17.7 Å². The van der Waals surface area contributed by atoms with Crippen molar-refractivity contribution < 1.29 is 17.2 Å². The molecule has 4 heteroatoms. The molecule has 80 valence electrons. The lowest BCUT2D eigenvalue weighted by Crippen LogP contribution is -3.00. The van der Waals surface area contributed by atoms with Crippen LogP contribution in [0.4, 0.5) is 0 Å². The van der Waals surface area contributed by atoms with Crippen molar-refractivity contribution in [2.75, 3.05) is 27.2 Å². The van der Waals surface area contributed by atoms with Gasteiger partial charge in [0, 0.05) is 12.5 Å². The summed E-state index contributed by atoms with van der Waals surface area (Å²) in [5.74, 6) is 0.248. The second-order valence-corrected chi connectivity index (χ2v) is 3.60. The van der Waals surface area contributed by atoms with E-state index in [1.54, 1.807) is 0 Å². The van der Waals surface area contributed by atoms with Crippen LogP contribution in [0.5, 0.6) is 0 Å². The van der Waals surface area contributed by atoms with Gasteiger partial charge >= 0.3 is 0 Å². The lowest BCUT2D eigenvalue weighted by atomic mass is 10.2. The molecule has 0 saturated carbocycles. The predicted molar refractivity (Wildman–Crippen MR) is 51.0 cm³/mol. The Morgan fingerprint density at radius 3 is 2.31 bits per heavy atom. The van der Waals surface area contributed by atoms with Gasteiger partial charge in [-0.1, -0.05) is 13.8 Å². The van der Waals surface area contributed by atoms with Gasteiger partial charge in [-0.15, -0.1) is 0 Å². The highest BCUT2D eigenvalue weighted by atomic mass is 35.5. The molecule has 0 aromatic heterocycles. The third kappa shape index (κ3) is 9.64. The molecular formula is C9H20ClN2O-. The topological polar surface area (TPSA) is 32.3 Å². The van der Waals surface area contributed by atoms with Gasteiger partial charge in [-0.3, -0.25) is 4.79 Å². The monoisotopic (exact) mass is 207 g/mol. The molecule has 0 aliphatic heterocycles. The van der Waals surface area contributed by atoms with Gasteiger partial charge in [-0.05, 0) is 27.1 Å². The average molecular weight is 208 g/mol. The summed E-state index contributed by atoms with van der Waals surface area (Å²) in [6.45, 7) is 5.62. The highest BCUT2D eigenvalue weighted by molar-refractivity contribution is 5.77. The van der Waals surface area contributed by atoms with Gasteiger partial charge in [0.15, 0.2) is 0 Å². The second kappa shape index (κ2) is 8.32. The minimum atomic E-state index is 0. The van der Waals surface area contributed by atoms with Crippen LogP contribution in [0.2, 0.25) is 0 Å². The maximum atomic E-state index is 11.1. The van der Waals surface area contributed by atoms with Gasteiger partial charge in [0.05, 0.1) is 0 Å². The molecule has 0 spiro atoms. The minimum absolute atomic E-state index is 0. The van der Waals surface area contributed by atoms with E-state index in [2.05, 4.69) is 10.2 Å². The molecule has 0 unspecified atom stereocenters. The first-order chi connectivity index (χ1) is 5.54. The lowest BCUT2D eigenvalue weighted by Gasteiger charge is -2.10. The maximum Gasteiger partial charge on any atom is 0.222 e. The van der Waals surface area contributed by atoms with Crippen molar-refractivity contribution in [3.63, 3.8) is 0 Å². The highest BCUT2D eigenvalue weighted by Crippen LogP contribution is 1.90. The van der Waals surface area contributed by atoms with Gasteiger partial charge in [0.1, 0.15) is 0 Å². The molecule has 0 aromatic carbocycles. The molecule has 0 saturated heterocycles. The fraction of sp³-hybridized carbons (Fsp3) is 0.889. The number of amides is 1. The number of nitrogens with one attached hydrogen (secondary N) is 1. The standard InChI is InChI=1S/C9H20N2O.ClH/c1-8(2)9(12)10-6-5-7-11(3)4;/h8H,5-7H2,1-4H3,(H,10,12);1H/p-1. The molecule has 13 heavy (non-hydrogen) atoms. The van der Waals surface area contributed by atoms with Crippen LogP contribution in [-0.4, -0.2) is 38.0 Å². The summed E-state index contributed by atoms with van der Waals surface area (Å²) < 4.78 is 0. The van der Waals surface area contributed by atoms with Crippen LogP contribution in [0.1, 0.15) is 20.3 Å². The molecule has 3 nitrogen and oxygen atoms in total. The first kappa shape index (κ1) is 15.2. The summed E-state index contributed by atoms with van der Waals surface area (Å²) in [7, 11) is 4.06. The molecule has 1 amide bonds. The van der Waals surface area contributed by atoms with Crippen LogP contribution in [0, 0.1) is 5.92 Å². The van der Waals surface area contributed by atoms with Crippen LogP contribution >= 0.6 is 0 Å². The fourth-order valence-corrected chi connectivity index (χ4v) is 0.811. The van der Waals surface area contributed by atoms with Crippen LogP contribution in [0.3, 0.4) is 0 Å². The Labute approximate surface area is 87.3 Å². The van der Waals surface area contributed by atoms with Crippen molar-refractivity contribution in [2.45, 2.75) is 20.3 Å². The Balaban J connectivity index is 0. The zero-order valence-corrected chi connectivity index (χ0v) is 9.69. The first-order valence-corrected chi connectivity index (χ1v) is 4.46. The second-order valence-electron chi connectivity index (χ2n) is 3.60. The van der Waals surface area contributed by atoms with E-state index in [1.807, 2.05) is 27.9 Å². The molecule has 0 heterocycles. The molecule has 0 radical (unpaired) electrons. The summed E-state index contributed by atoms with van der Waals surface area (Å²) in [6.07, 6.45) is 1.02. The van der Waals surface area contributed by atoms with Crippen molar-refractivity contribution in [3.8, 4) is 0 Å². The molecule has 0 atom stereocenters. The zero-order chi connectivity index (χ0) is 9.56. The third-order valence-corrected chi connectivity index (χ3v) is 1.61. The molecule has 0 aliphatic carbocycles. The Bertz CT molecular complexity index is 138. The Hall–Kier alpha value is -0.280. The maximum absolute atomic E-state index is 11.1. The number of carbonyl (C=O) groups is 1. The molecular weight excluding hydrogens is 188 g/mol. The Morgan fingerprint density at radius 2 is 1.92 bits per heavy atom. The van der Waals surface area contributed by atoms with Gasteiger partial charge in [0.25, 0.3) is 0 Å².